The number of esters is 1. The normalized spacial score (nSPS) is 22.8. The monoisotopic (exact) mass is 428 g/mol. The van der Waals surface area contributed by atoms with Crippen molar-refractivity contribution in [3.63, 3.8) is 0 Å². The molecule has 2 atom stereocenters. The predicted molar refractivity (Wildman–Crippen MR) is 90.2 cm³/mol. The highest BCUT2D eigenvalue weighted by molar-refractivity contribution is 5.75. The topological polar surface area (TPSA) is 44.8 Å². The van der Waals surface area contributed by atoms with Crippen LogP contribution >= 0.6 is 0 Å². The molecule has 1 fully saturated rings. The maximum absolute atomic E-state index is 13.7. The second kappa shape index (κ2) is 9.34. The number of ether oxygens (including phenoxy) is 3. The van der Waals surface area contributed by atoms with E-state index in [1.807, 2.05) is 0 Å². The fourth-order valence-electron chi connectivity index (χ4n) is 3.06. The quantitative estimate of drug-likeness (QED) is 0.261. The molecular weight excluding hydrogens is 406 g/mol. The molecule has 0 N–H and O–H groups in total. The highest BCUT2D eigenvalue weighted by atomic mass is 19.4. The number of carbonyl (C=O) groups is 1. The molecule has 1 aliphatic rings. The van der Waals surface area contributed by atoms with Crippen molar-refractivity contribution in [2.24, 2.45) is 5.92 Å². The van der Waals surface area contributed by atoms with Gasteiger partial charge in [0.15, 0.2) is 6.29 Å². The molecule has 10 heteroatoms. The van der Waals surface area contributed by atoms with Crippen LogP contribution in [0.5, 0.6) is 5.75 Å². The molecule has 1 aromatic rings. The molecule has 1 aliphatic carbocycles. The van der Waals surface area contributed by atoms with Crippen LogP contribution in [0.15, 0.2) is 24.3 Å². The smallest absolute Gasteiger partial charge is 0.426 e. The van der Waals surface area contributed by atoms with Gasteiger partial charge in [0.1, 0.15) is 5.75 Å². The average Bonchev–Trinajstić information content (AvgIpc) is 2.67. The van der Waals surface area contributed by atoms with Gasteiger partial charge in [0, 0.05) is 12.7 Å². The molecule has 0 amide bonds. The number of alkyl halides is 6. The van der Waals surface area contributed by atoms with Gasteiger partial charge in [-0.1, -0.05) is 0 Å². The maximum Gasteiger partial charge on any atom is 0.426 e. The lowest BCUT2D eigenvalue weighted by Gasteiger charge is -2.29. The summed E-state index contributed by atoms with van der Waals surface area (Å²) in [5.74, 6) is -5.84. The van der Waals surface area contributed by atoms with Crippen LogP contribution < -0.4 is 4.74 Å². The number of hydrogen-bond acceptors (Lipinski definition) is 4. The van der Waals surface area contributed by atoms with E-state index in [0.717, 1.165) is 12.1 Å². The number of halogens is 6. The van der Waals surface area contributed by atoms with Gasteiger partial charge in [-0.25, -0.2) is 4.39 Å². The van der Waals surface area contributed by atoms with Crippen LogP contribution in [-0.2, 0) is 20.2 Å². The van der Waals surface area contributed by atoms with Gasteiger partial charge in [-0.2, -0.15) is 22.0 Å². The summed E-state index contributed by atoms with van der Waals surface area (Å²) in [5.41, 5.74) is -1.16. The summed E-state index contributed by atoms with van der Waals surface area (Å²) in [5, 5.41) is 0. The zero-order valence-corrected chi connectivity index (χ0v) is 15.8. The van der Waals surface area contributed by atoms with Crippen LogP contribution in [-0.4, -0.2) is 37.8 Å². The molecule has 0 aromatic heterocycles. The number of carbonyl (C=O) groups excluding carboxylic acids is 1. The highest BCUT2D eigenvalue weighted by Crippen LogP contribution is 2.42. The minimum absolute atomic E-state index is 0.0437. The third-order valence-electron chi connectivity index (χ3n) is 4.79. The Bertz CT molecular complexity index is 668. The highest BCUT2D eigenvalue weighted by Gasteiger charge is 2.57. The zero-order valence-electron chi connectivity index (χ0n) is 15.8. The Morgan fingerprint density at radius 2 is 1.59 bits per heavy atom. The molecule has 0 spiro atoms. The van der Waals surface area contributed by atoms with E-state index in [0.29, 0.717) is 37.8 Å². The Balaban J connectivity index is 1.92. The molecule has 164 valence electrons. The molecule has 0 bridgehead atoms. The van der Waals surface area contributed by atoms with E-state index in [2.05, 4.69) is 0 Å². The van der Waals surface area contributed by atoms with Gasteiger partial charge >= 0.3 is 18.1 Å². The number of benzene rings is 1. The fourth-order valence-corrected chi connectivity index (χ4v) is 3.06. The molecule has 1 saturated carbocycles. The van der Waals surface area contributed by atoms with Crippen molar-refractivity contribution in [2.75, 3.05) is 7.11 Å². The minimum Gasteiger partial charge on any atom is -0.426 e. The molecule has 4 nitrogen and oxygen atoms in total. The van der Waals surface area contributed by atoms with E-state index in [-0.39, 0.29) is 18.1 Å². The summed E-state index contributed by atoms with van der Waals surface area (Å²) >= 11 is 0. The van der Waals surface area contributed by atoms with E-state index >= 15 is 0 Å². The van der Waals surface area contributed by atoms with Gasteiger partial charge in [0.05, 0.1) is 12.0 Å². The first-order valence-electron chi connectivity index (χ1n) is 9.04. The molecular formula is C19H22F6O4. The summed E-state index contributed by atoms with van der Waals surface area (Å²) in [6, 6.07) is 3.05. The summed E-state index contributed by atoms with van der Waals surface area (Å²) in [4.78, 5) is 12.2. The van der Waals surface area contributed by atoms with Gasteiger partial charge in [-0.05, 0) is 56.9 Å². The van der Waals surface area contributed by atoms with E-state index in [1.54, 1.807) is 6.92 Å². The van der Waals surface area contributed by atoms with Crippen molar-refractivity contribution in [1.29, 1.82) is 0 Å². The van der Waals surface area contributed by atoms with Crippen molar-refractivity contribution in [1.82, 2.24) is 0 Å². The van der Waals surface area contributed by atoms with E-state index < -0.39 is 35.7 Å². The molecule has 29 heavy (non-hydrogen) atoms. The second-order valence-electron chi connectivity index (χ2n) is 6.89. The molecule has 0 saturated heterocycles. The Hall–Kier alpha value is -1.81. The Morgan fingerprint density at radius 1 is 1.03 bits per heavy atom. The third kappa shape index (κ3) is 6.08. The lowest BCUT2D eigenvalue weighted by Crippen LogP contribution is -2.39. The minimum atomic E-state index is -5.70. The van der Waals surface area contributed by atoms with Crippen LogP contribution in [0.2, 0.25) is 0 Å². The second-order valence-corrected chi connectivity index (χ2v) is 6.89. The van der Waals surface area contributed by atoms with Crippen LogP contribution in [0, 0.1) is 5.92 Å². The Morgan fingerprint density at radius 3 is 2.07 bits per heavy atom. The molecule has 2 rings (SSSR count). The number of hydrogen-bond donors (Lipinski definition) is 0. The van der Waals surface area contributed by atoms with Crippen LogP contribution in [0.1, 0.15) is 38.2 Å². The largest absolute Gasteiger partial charge is 0.426 e. The fraction of sp³-hybridized carbons (Fsp3) is 0.632. The molecule has 0 radical (unpaired) electrons. The summed E-state index contributed by atoms with van der Waals surface area (Å²) in [6.45, 7) is 1.76. The zero-order chi connectivity index (χ0) is 21.8. The first-order valence-corrected chi connectivity index (χ1v) is 9.04. The lowest BCUT2D eigenvalue weighted by atomic mass is 9.87. The van der Waals surface area contributed by atoms with Gasteiger partial charge in [-0.15, -0.1) is 0 Å². The van der Waals surface area contributed by atoms with Crippen LogP contribution in [0.3, 0.4) is 0 Å². The van der Waals surface area contributed by atoms with Crippen molar-refractivity contribution < 1.29 is 45.3 Å². The first-order chi connectivity index (χ1) is 13.4. The molecule has 2 unspecified atom stereocenters. The molecule has 1 aromatic carbocycles. The third-order valence-corrected chi connectivity index (χ3v) is 4.79. The van der Waals surface area contributed by atoms with Gasteiger partial charge in [0.2, 0.25) is 0 Å². The Labute approximate surface area is 164 Å². The average molecular weight is 428 g/mol. The molecule has 0 heterocycles. The number of methoxy groups -OCH3 is 1. The van der Waals surface area contributed by atoms with Crippen LogP contribution in [0.25, 0.3) is 0 Å². The van der Waals surface area contributed by atoms with E-state index in [1.165, 1.54) is 7.11 Å². The van der Waals surface area contributed by atoms with Crippen molar-refractivity contribution in [3.05, 3.63) is 29.8 Å². The predicted octanol–water partition coefficient (Wildman–Crippen LogP) is 5.15. The van der Waals surface area contributed by atoms with Gasteiger partial charge in [-0.3, -0.25) is 4.79 Å². The SMILES string of the molecule is COC(C)OC1CCC(C(=O)Oc2ccc(C(F)(F)C(F)C(F)(F)F)cc2)CC1. The van der Waals surface area contributed by atoms with Crippen molar-refractivity contribution in [2.45, 2.75) is 63.3 Å². The van der Waals surface area contributed by atoms with Crippen LogP contribution in [0.4, 0.5) is 26.3 Å². The summed E-state index contributed by atoms with van der Waals surface area (Å²) < 4.78 is 93.0. The van der Waals surface area contributed by atoms with Gasteiger partial charge in [0.25, 0.3) is 6.17 Å². The van der Waals surface area contributed by atoms with Crippen molar-refractivity contribution >= 4 is 5.97 Å². The summed E-state index contributed by atoms with van der Waals surface area (Å²) in [6.07, 6.45) is -8.18. The summed E-state index contributed by atoms with van der Waals surface area (Å²) in [7, 11) is 1.52. The number of rotatable bonds is 7. The van der Waals surface area contributed by atoms with E-state index in [9.17, 15) is 31.1 Å². The maximum atomic E-state index is 13.7. The van der Waals surface area contributed by atoms with Gasteiger partial charge < -0.3 is 14.2 Å². The molecule has 0 aliphatic heterocycles. The first kappa shape index (κ1) is 23.5. The lowest BCUT2D eigenvalue weighted by molar-refractivity contribution is -0.248. The standard InChI is InChI=1S/C19H22F6O4/c1-11(27-2)28-14-7-3-12(4-8-14)16(26)29-15-9-5-13(6-10-15)18(21,22)17(20)19(23,24)25/h5-6,9-12,14,17H,3-4,7-8H2,1-2H3. The van der Waals surface area contributed by atoms with Crippen molar-refractivity contribution in [3.8, 4) is 5.75 Å². The Kier molecular flexibility index (Phi) is 7.56. The van der Waals surface area contributed by atoms with E-state index in [4.69, 9.17) is 14.2 Å².